The van der Waals surface area contributed by atoms with Crippen LogP contribution in [0.3, 0.4) is 0 Å². The average molecular weight is 222 g/mol. The second-order valence-corrected chi connectivity index (χ2v) is 4.67. The van der Waals surface area contributed by atoms with Crippen molar-refractivity contribution >= 4 is 0 Å². The maximum absolute atomic E-state index is 5.95. The Kier molecular flexibility index (Phi) is 3.61. The third-order valence-electron chi connectivity index (χ3n) is 3.55. The molecule has 0 saturated carbocycles. The fourth-order valence-corrected chi connectivity index (χ4v) is 2.70. The Bertz CT molecular complexity index is 319. The van der Waals surface area contributed by atoms with Crippen molar-refractivity contribution in [3.63, 3.8) is 0 Å². The number of aromatic nitrogens is 2. The van der Waals surface area contributed by atoms with Gasteiger partial charge in [-0.25, -0.2) is 4.98 Å². The number of likely N-dealkylation sites (tertiary alicyclic amines) is 1. The lowest BCUT2D eigenvalue weighted by atomic mass is 10.0. The van der Waals surface area contributed by atoms with E-state index in [4.69, 9.17) is 5.73 Å². The lowest BCUT2D eigenvalue weighted by Gasteiger charge is -2.34. The first-order valence-corrected chi connectivity index (χ1v) is 6.16. The van der Waals surface area contributed by atoms with Crippen molar-refractivity contribution in [2.75, 3.05) is 19.6 Å². The first-order chi connectivity index (χ1) is 7.74. The van der Waals surface area contributed by atoms with Gasteiger partial charge in [0.15, 0.2) is 0 Å². The Morgan fingerprint density at radius 2 is 2.06 bits per heavy atom. The van der Waals surface area contributed by atoms with Gasteiger partial charge in [-0.2, -0.15) is 0 Å². The zero-order valence-corrected chi connectivity index (χ0v) is 10.3. The van der Waals surface area contributed by atoms with Gasteiger partial charge in [0.25, 0.3) is 0 Å². The Morgan fingerprint density at radius 1 is 1.38 bits per heavy atom. The topological polar surface area (TPSA) is 47.1 Å². The molecular formula is C12H22N4. The summed E-state index contributed by atoms with van der Waals surface area (Å²) in [5.41, 5.74) is 8.35. The summed E-state index contributed by atoms with van der Waals surface area (Å²) in [7, 11) is 2.06. The molecule has 0 bridgehead atoms. The molecule has 16 heavy (non-hydrogen) atoms. The quantitative estimate of drug-likeness (QED) is 0.836. The molecule has 1 atom stereocenters. The van der Waals surface area contributed by atoms with Crippen molar-refractivity contribution in [1.29, 1.82) is 0 Å². The van der Waals surface area contributed by atoms with Crippen LogP contribution in [0.4, 0.5) is 0 Å². The van der Waals surface area contributed by atoms with Gasteiger partial charge in [0.2, 0.25) is 0 Å². The molecule has 0 aliphatic carbocycles. The maximum Gasteiger partial charge on any atom is 0.0949 e. The minimum Gasteiger partial charge on any atom is -0.336 e. The number of hydrogen-bond donors (Lipinski definition) is 1. The van der Waals surface area contributed by atoms with E-state index in [2.05, 4.69) is 28.4 Å². The average Bonchev–Trinajstić information content (AvgIpc) is 2.63. The first kappa shape index (κ1) is 11.6. The summed E-state index contributed by atoms with van der Waals surface area (Å²) in [5, 5.41) is 0. The van der Waals surface area contributed by atoms with Crippen LogP contribution in [-0.2, 0) is 7.05 Å². The number of aryl methyl sites for hydroxylation is 2. The molecule has 2 heterocycles. The summed E-state index contributed by atoms with van der Waals surface area (Å²) in [4.78, 5) is 6.87. The lowest BCUT2D eigenvalue weighted by Crippen LogP contribution is -2.38. The van der Waals surface area contributed by atoms with Gasteiger partial charge in [0.05, 0.1) is 23.8 Å². The second kappa shape index (κ2) is 4.97. The van der Waals surface area contributed by atoms with E-state index in [1.54, 1.807) is 0 Å². The van der Waals surface area contributed by atoms with Crippen molar-refractivity contribution in [3.8, 4) is 0 Å². The van der Waals surface area contributed by atoms with Crippen LogP contribution >= 0.6 is 0 Å². The summed E-state index contributed by atoms with van der Waals surface area (Å²) >= 11 is 0. The van der Waals surface area contributed by atoms with E-state index >= 15 is 0 Å². The molecule has 1 unspecified atom stereocenters. The van der Waals surface area contributed by atoms with E-state index in [1.165, 1.54) is 38.0 Å². The van der Waals surface area contributed by atoms with Gasteiger partial charge in [0.1, 0.15) is 0 Å². The van der Waals surface area contributed by atoms with Crippen molar-refractivity contribution in [2.24, 2.45) is 12.8 Å². The smallest absolute Gasteiger partial charge is 0.0949 e. The van der Waals surface area contributed by atoms with Crippen LogP contribution < -0.4 is 5.73 Å². The summed E-state index contributed by atoms with van der Waals surface area (Å²) in [6, 6.07) is 0.341. The van der Waals surface area contributed by atoms with Crippen molar-refractivity contribution in [3.05, 3.63) is 17.7 Å². The first-order valence-electron chi connectivity index (χ1n) is 6.16. The summed E-state index contributed by atoms with van der Waals surface area (Å²) in [5.74, 6) is 0. The van der Waals surface area contributed by atoms with Gasteiger partial charge in [0, 0.05) is 13.6 Å². The predicted octanol–water partition coefficient (Wildman–Crippen LogP) is 1.21. The Balaban J connectivity index is 2.21. The van der Waals surface area contributed by atoms with Gasteiger partial charge in [-0.3, -0.25) is 4.90 Å². The van der Waals surface area contributed by atoms with Crippen LogP contribution in [0.1, 0.15) is 36.7 Å². The largest absolute Gasteiger partial charge is 0.336 e. The number of piperidine rings is 1. The zero-order valence-electron chi connectivity index (χ0n) is 10.3. The maximum atomic E-state index is 5.95. The highest BCUT2D eigenvalue weighted by Gasteiger charge is 2.24. The summed E-state index contributed by atoms with van der Waals surface area (Å²) in [6.07, 6.45) is 5.84. The molecule has 4 heteroatoms. The van der Waals surface area contributed by atoms with E-state index in [0.29, 0.717) is 12.6 Å². The Labute approximate surface area is 97.4 Å². The molecule has 4 nitrogen and oxygen atoms in total. The molecule has 2 rings (SSSR count). The van der Waals surface area contributed by atoms with Crippen LogP contribution in [-0.4, -0.2) is 34.1 Å². The summed E-state index contributed by atoms with van der Waals surface area (Å²) < 4.78 is 2.11. The molecule has 1 aromatic heterocycles. The van der Waals surface area contributed by atoms with Gasteiger partial charge in [-0.1, -0.05) is 6.42 Å². The molecule has 1 aromatic rings. The molecule has 0 aromatic carbocycles. The van der Waals surface area contributed by atoms with Crippen LogP contribution in [0.25, 0.3) is 0 Å². The molecule has 0 radical (unpaired) electrons. The third kappa shape index (κ3) is 2.13. The fraction of sp³-hybridized carbons (Fsp3) is 0.750. The molecule has 1 aliphatic heterocycles. The highest BCUT2D eigenvalue weighted by Crippen LogP contribution is 2.25. The standard InChI is InChI=1S/C12H22N4/c1-10-12(15(2)9-14-10)11(8-13)16-6-4-3-5-7-16/h9,11H,3-8,13H2,1-2H3. The second-order valence-electron chi connectivity index (χ2n) is 4.67. The number of rotatable bonds is 3. The van der Waals surface area contributed by atoms with E-state index in [1.807, 2.05) is 6.33 Å². The van der Waals surface area contributed by atoms with Gasteiger partial charge >= 0.3 is 0 Å². The predicted molar refractivity (Wildman–Crippen MR) is 65.2 cm³/mol. The molecule has 1 saturated heterocycles. The number of nitrogens with zero attached hydrogens (tertiary/aromatic N) is 3. The monoisotopic (exact) mass is 222 g/mol. The normalized spacial score (nSPS) is 19.9. The summed E-state index contributed by atoms with van der Waals surface area (Å²) in [6.45, 7) is 5.10. The molecule has 1 aliphatic rings. The fourth-order valence-electron chi connectivity index (χ4n) is 2.70. The minimum atomic E-state index is 0.341. The number of nitrogens with two attached hydrogens (primary N) is 1. The highest BCUT2D eigenvalue weighted by molar-refractivity contribution is 5.16. The SMILES string of the molecule is Cc1ncn(C)c1C(CN)N1CCCCC1. The molecule has 90 valence electrons. The minimum absolute atomic E-state index is 0.341. The molecule has 2 N–H and O–H groups in total. The van der Waals surface area contributed by atoms with Crippen molar-refractivity contribution in [2.45, 2.75) is 32.2 Å². The van der Waals surface area contributed by atoms with Crippen molar-refractivity contribution in [1.82, 2.24) is 14.5 Å². The number of imidazole rings is 1. The molecule has 1 fully saturated rings. The molecule has 0 amide bonds. The molecular weight excluding hydrogens is 200 g/mol. The Morgan fingerprint density at radius 3 is 2.56 bits per heavy atom. The lowest BCUT2D eigenvalue weighted by molar-refractivity contribution is 0.162. The van der Waals surface area contributed by atoms with E-state index in [-0.39, 0.29) is 0 Å². The van der Waals surface area contributed by atoms with Crippen molar-refractivity contribution < 1.29 is 0 Å². The third-order valence-corrected chi connectivity index (χ3v) is 3.55. The number of hydrogen-bond acceptors (Lipinski definition) is 3. The van der Waals surface area contributed by atoms with Crippen LogP contribution in [0, 0.1) is 6.92 Å². The van der Waals surface area contributed by atoms with Crippen LogP contribution in [0.5, 0.6) is 0 Å². The highest BCUT2D eigenvalue weighted by atomic mass is 15.2. The van der Waals surface area contributed by atoms with E-state index in [0.717, 1.165) is 5.69 Å². The molecule has 0 spiro atoms. The van der Waals surface area contributed by atoms with Gasteiger partial charge in [-0.15, -0.1) is 0 Å². The Hall–Kier alpha value is -0.870. The van der Waals surface area contributed by atoms with Gasteiger partial charge < -0.3 is 10.3 Å². The zero-order chi connectivity index (χ0) is 11.5. The van der Waals surface area contributed by atoms with Crippen LogP contribution in [0.2, 0.25) is 0 Å². The van der Waals surface area contributed by atoms with E-state index < -0.39 is 0 Å². The van der Waals surface area contributed by atoms with Gasteiger partial charge in [-0.05, 0) is 32.9 Å². The van der Waals surface area contributed by atoms with E-state index in [9.17, 15) is 0 Å². The van der Waals surface area contributed by atoms with Crippen LogP contribution in [0.15, 0.2) is 6.33 Å².